The van der Waals surface area contributed by atoms with E-state index in [0.29, 0.717) is 6.42 Å². The topological polar surface area (TPSA) is 105 Å². The van der Waals surface area contributed by atoms with Gasteiger partial charge in [0, 0.05) is 24.9 Å². The first-order valence-corrected chi connectivity index (χ1v) is 12.6. The molecule has 2 unspecified atom stereocenters. The lowest BCUT2D eigenvalue weighted by Gasteiger charge is -2.31. The van der Waals surface area contributed by atoms with Crippen LogP contribution in [0.15, 0.2) is 48.5 Å². The summed E-state index contributed by atoms with van der Waals surface area (Å²) in [6, 6.07) is 15.9. The minimum atomic E-state index is -0.864. The van der Waals surface area contributed by atoms with Gasteiger partial charge in [0.25, 0.3) is 0 Å². The van der Waals surface area contributed by atoms with Crippen LogP contribution < -0.4 is 10.6 Å². The highest BCUT2D eigenvalue weighted by molar-refractivity contribution is 5.80. The highest BCUT2D eigenvalue weighted by atomic mass is 16.5. The Labute approximate surface area is 206 Å². The number of carboxylic acids is 1. The van der Waals surface area contributed by atoms with E-state index in [9.17, 15) is 19.5 Å². The van der Waals surface area contributed by atoms with Gasteiger partial charge in [-0.05, 0) is 47.4 Å². The van der Waals surface area contributed by atoms with Crippen LogP contribution in [-0.4, -0.2) is 42.3 Å². The van der Waals surface area contributed by atoms with Crippen molar-refractivity contribution in [2.24, 2.45) is 11.8 Å². The minimum absolute atomic E-state index is 0.0273. The molecule has 0 spiro atoms. The van der Waals surface area contributed by atoms with Crippen molar-refractivity contribution in [2.75, 3.05) is 13.2 Å². The molecule has 0 radical (unpaired) electrons. The predicted octanol–water partition coefficient (Wildman–Crippen LogP) is 4.70. The Morgan fingerprint density at radius 2 is 1.66 bits per heavy atom. The third-order valence-corrected chi connectivity index (χ3v) is 7.29. The zero-order valence-electron chi connectivity index (χ0n) is 20.2. The van der Waals surface area contributed by atoms with Crippen molar-refractivity contribution in [3.05, 3.63) is 59.7 Å². The van der Waals surface area contributed by atoms with E-state index in [2.05, 4.69) is 34.9 Å². The molecule has 2 aromatic carbocycles. The zero-order valence-corrected chi connectivity index (χ0v) is 20.2. The van der Waals surface area contributed by atoms with Crippen molar-refractivity contribution in [2.45, 2.75) is 57.4 Å². The van der Waals surface area contributed by atoms with Gasteiger partial charge in [0.15, 0.2) is 0 Å². The van der Waals surface area contributed by atoms with Crippen LogP contribution in [0.3, 0.4) is 0 Å². The number of rotatable bonds is 11. The van der Waals surface area contributed by atoms with E-state index in [1.54, 1.807) is 0 Å². The summed E-state index contributed by atoms with van der Waals surface area (Å²) in [4.78, 5) is 36.7. The quantitative estimate of drug-likeness (QED) is 0.434. The zero-order chi connectivity index (χ0) is 24.8. The maximum atomic E-state index is 12.6. The van der Waals surface area contributed by atoms with Gasteiger partial charge in [0.1, 0.15) is 6.61 Å². The Bertz CT molecular complexity index is 1020. The fourth-order valence-electron chi connectivity index (χ4n) is 5.20. The number of hydrogen-bond acceptors (Lipinski definition) is 4. The highest BCUT2D eigenvalue weighted by Gasteiger charge is 2.33. The summed E-state index contributed by atoms with van der Waals surface area (Å²) in [7, 11) is 0. The summed E-state index contributed by atoms with van der Waals surface area (Å²) < 4.78 is 5.62. The summed E-state index contributed by atoms with van der Waals surface area (Å²) in [5, 5.41) is 15.1. The second kappa shape index (κ2) is 11.4. The van der Waals surface area contributed by atoms with E-state index in [4.69, 9.17) is 4.74 Å². The lowest BCUT2D eigenvalue weighted by atomic mass is 9.76. The van der Waals surface area contributed by atoms with E-state index < -0.39 is 18.0 Å². The third-order valence-electron chi connectivity index (χ3n) is 7.29. The van der Waals surface area contributed by atoms with Crippen LogP contribution in [0.1, 0.15) is 62.5 Å². The third kappa shape index (κ3) is 5.84. The van der Waals surface area contributed by atoms with E-state index in [-0.39, 0.29) is 43.4 Å². The number of ether oxygens (including phenoxy) is 1. The monoisotopic (exact) mass is 478 g/mol. The molecule has 7 heteroatoms. The first-order valence-electron chi connectivity index (χ1n) is 12.6. The van der Waals surface area contributed by atoms with Crippen LogP contribution in [0, 0.1) is 11.8 Å². The Morgan fingerprint density at radius 3 is 2.20 bits per heavy atom. The molecule has 1 fully saturated rings. The first-order chi connectivity index (χ1) is 17.0. The maximum Gasteiger partial charge on any atom is 0.407 e. The number of carboxylic acid groups (broad SMARTS) is 1. The summed E-state index contributed by atoms with van der Waals surface area (Å²) in [5.41, 5.74) is 4.62. The Balaban J connectivity index is 1.30. The van der Waals surface area contributed by atoms with Gasteiger partial charge in [-0.25, -0.2) is 4.79 Å². The van der Waals surface area contributed by atoms with Crippen LogP contribution in [0.5, 0.6) is 0 Å². The maximum absolute atomic E-state index is 12.6. The van der Waals surface area contributed by atoms with Crippen molar-refractivity contribution in [1.82, 2.24) is 10.6 Å². The molecule has 0 bridgehead atoms. The van der Waals surface area contributed by atoms with E-state index in [1.165, 1.54) is 11.1 Å². The summed E-state index contributed by atoms with van der Waals surface area (Å²) in [6.07, 6.45) is 3.81. The number of nitrogens with one attached hydrogen (secondary N) is 2. The van der Waals surface area contributed by atoms with Crippen molar-refractivity contribution in [1.29, 1.82) is 0 Å². The number of amides is 2. The number of benzene rings is 2. The molecule has 0 heterocycles. The Morgan fingerprint density at radius 1 is 1.03 bits per heavy atom. The van der Waals surface area contributed by atoms with Crippen LogP contribution in [0.4, 0.5) is 4.79 Å². The number of carbonyl (C=O) groups is 3. The summed E-state index contributed by atoms with van der Waals surface area (Å²) in [5.74, 6) is -1.56. The summed E-state index contributed by atoms with van der Waals surface area (Å²) >= 11 is 0. The average molecular weight is 479 g/mol. The van der Waals surface area contributed by atoms with Gasteiger partial charge in [-0.3, -0.25) is 9.59 Å². The number of hydrogen-bond donors (Lipinski definition) is 3. The molecule has 0 aromatic heterocycles. The fourth-order valence-corrected chi connectivity index (χ4v) is 5.20. The Kier molecular flexibility index (Phi) is 8.06. The van der Waals surface area contributed by atoms with E-state index in [0.717, 1.165) is 36.8 Å². The van der Waals surface area contributed by atoms with Crippen molar-refractivity contribution < 1.29 is 24.2 Å². The van der Waals surface area contributed by atoms with Gasteiger partial charge >= 0.3 is 12.1 Å². The largest absolute Gasteiger partial charge is 0.481 e. The molecule has 35 heavy (non-hydrogen) atoms. The van der Waals surface area contributed by atoms with Crippen molar-refractivity contribution in [3.8, 4) is 11.1 Å². The number of alkyl carbamates (subject to hydrolysis) is 1. The second-order valence-corrected chi connectivity index (χ2v) is 9.60. The molecule has 0 saturated heterocycles. The molecule has 0 aliphatic heterocycles. The molecule has 1 saturated carbocycles. The molecular formula is C28H34N2O5. The van der Waals surface area contributed by atoms with Crippen molar-refractivity contribution in [3.63, 3.8) is 0 Å². The van der Waals surface area contributed by atoms with Crippen LogP contribution in [0.2, 0.25) is 0 Å². The lowest BCUT2D eigenvalue weighted by molar-refractivity contribution is -0.144. The van der Waals surface area contributed by atoms with Crippen molar-refractivity contribution >= 4 is 18.0 Å². The molecule has 2 aromatic rings. The molecule has 186 valence electrons. The number of carbonyl (C=O) groups excluding carboxylic acids is 2. The molecular weight excluding hydrogens is 444 g/mol. The first kappa shape index (κ1) is 24.8. The molecule has 2 aliphatic carbocycles. The fraction of sp³-hybridized carbons (Fsp3) is 0.464. The second-order valence-electron chi connectivity index (χ2n) is 9.60. The van der Waals surface area contributed by atoms with Gasteiger partial charge in [-0.15, -0.1) is 0 Å². The normalized spacial score (nSPS) is 16.4. The highest BCUT2D eigenvalue weighted by Crippen LogP contribution is 2.44. The van der Waals surface area contributed by atoms with E-state index in [1.807, 2.05) is 31.2 Å². The van der Waals surface area contributed by atoms with E-state index >= 15 is 0 Å². The van der Waals surface area contributed by atoms with Crippen LogP contribution in [-0.2, 0) is 14.3 Å². The molecule has 2 aliphatic rings. The average Bonchev–Trinajstić information content (AvgIpc) is 3.13. The summed E-state index contributed by atoms with van der Waals surface area (Å²) in [6.45, 7) is 2.33. The van der Waals surface area contributed by atoms with Crippen LogP contribution >= 0.6 is 0 Å². The predicted molar refractivity (Wildman–Crippen MR) is 133 cm³/mol. The van der Waals surface area contributed by atoms with Gasteiger partial charge < -0.3 is 20.5 Å². The van der Waals surface area contributed by atoms with Gasteiger partial charge in [0.05, 0.1) is 5.92 Å². The number of fused-ring (bicyclic) bond motifs is 3. The minimum Gasteiger partial charge on any atom is -0.481 e. The Hall–Kier alpha value is -3.35. The van der Waals surface area contributed by atoms with Gasteiger partial charge in [0.2, 0.25) is 5.91 Å². The van der Waals surface area contributed by atoms with Gasteiger partial charge in [-0.1, -0.05) is 68.3 Å². The van der Waals surface area contributed by atoms with Gasteiger partial charge in [-0.2, -0.15) is 0 Å². The smallest absolute Gasteiger partial charge is 0.407 e. The SMILES string of the molecule is CCCC(CC(=O)NCC(C(=O)O)C1CCC1)NC(=O)OCC1c2ccccc2-c2ccccc21. The van der Waals surface area contributed by atoms with Crippen LogP contribution in [0.25, 0.3) is 11.1 Å². The lowest BCUT2D eigenvalue weighted by Crippen LogP contribution is -2.43. The molecule has 4 rings (SSSR count). The molecule has 2 amide bonds. The molecule has 7 nitrogen and oxygen atoms in total. The molecule has 3 N–H and O–H groups in total. The number of aliphatic carboxylic acids is 1. The standard InChI is InChI=1S/C28H34N2O5/c1-2-8-19(15-26(31)29-16-24(27(32)33)18-9-7-10-18)30-28(34)35-17-25-22-13-5-3-11-20(22)21-12-4-6-14-23(21)25/h3-6,11-14,18-19,24-25H,2,7-10,15-17H2,1H3,(H,29,31)(H,30,34)(H,32,33). The molecule has 2 atom stereocenters.